The van der Waals surface area contributed by atoms with Gasteiger partial charge >= 0.3 is 5.97 Å². The van der Waals surface area contributed by atoms with Gasteiger partial charge in [-0.15, -0.1) is 11.3 Å². The Labute approximate surface area is 92.8 Å². The van der Waals surface area contributed by atoms with Crippen molar-refractivity contribution >= 4 is 22.9 Å². The summed E-state index contributed by atoms with van der Waals surface area (Å²) in [5.41, 5.74) is 1.88. The number of fused-ring (bicyclic) bond motifs is 1. The van der Waals surface area contributed by atoms with Gasteiger partial charge in [0.05, 0.1) is 12.2 Å². The van der Waals surface area contributed by atoms with Crippen molar-refractivity contribution in [2.45, 2.75) is 13.3 Å². The molecule has 15 heavy (non-hydrogen) atoms. The van der Waals surface area contributed by atoms with Crippen molar-refractivity contribution in [1.82, 2.24) is 5.32 Å². The number of ether oxygens (including phenoxy) is 1. The zero-order valence-electron chi connectivity index (χ0n) is 8.58. The zero-order valence-corrected chi connectivity index (χ0v) is 9.39. The van der Waals surface area contributed by atoms with Gasteiger partial charge in [0.1, 0.15) is 0 Å². The number of thiophene rings is 1. The monoisotopic (exact) mass is 223 g/mol. The average molecular weight is 223 g/mol. The molecule has 0 saturated heterocycles. The minimum Gasteiger partial charge on any atom is -0.462 e. The van der Waals surface area contributed by atoms with Crippen LogP contribution in [0.4, 0.5) is 0 Å². The second-order valence-electron chi connectivity index (χ2n) is 3.26. The van der Waals surface area contributed by atoms with Gasteiger partial charge in [-0.1, -0.05) is 0 Å². The number of carbonyl (C=O) groups excluding carboxylic acids is 1. The molecule has 1 aliphatic rings. The maximum atomic E-state index is 11.7. The van der Waals surface area contributed by atoms with Crippen molar-refractivity contribution in [3.05, 3.63) is 28.1 Å². The first-order valence-electron chi connectivity index (χ1n) is 5.00. The van der Waals surface area contributed by atoms with E-state index in [1.165, 1.54) is 5.56 Å². The van der Waals surface area contributed by atoms with Crippen LogP contribution in [0.25, 0.3) is 5.57 Å². The summed E-state index contributed by atoms with van der Waals surface area (Å²) in [5.74, 6) is -0.240. The van der Waals surface area contributed by atoms with Crippen LogP contribution in [-0.4, -0.2) is 19.1 Å². The topological polar surface area (TPSA) is 38.3 Å². The van der Waals surface area contributed by atoms with Crippen molar-refractivity contribution in [3.63, 3.8) is 0 Å². The van der Waals surface area contributed by atoms with E-state index in [1.807, 2.05) is 12.3 Å². The third-order valence-electron chi connectivity index (χ3n) is 2.27. The van der Waals surface area contributed by atoms with Crippen molar-refractivity contribution in [1.29, 1.82) is 0 Å². The van der Waals surface area contributed by atoms with Crippen molar-refractivity contribution in [2.24, 2.45) is 0 Å². The highest BCUT2D eigenvalue weighted by atomic mass is 32.1. The van der Waals surface area contributed by atoms with E-state index in [9.17, 15) is 4.79 Å². The molecule has 0 bridgehead atoms. The Morgan fingerprint density at radius 2 is 2.53 bits per heavy atom. The third-order valence-corrected chi connectivity index (χ3v) is 3.26. The number of rotatable bonds is 2. The van der Waals surface area contributed by atoms with E-state index in [2.05, 4.69) is 11.4 Å². The molecular formula is C11H13NO2S. The number of esters is 1. The number of nitrogens with one attached hydrogen (secondary N) is 1. The summed E-state index contributed by atoms with van der Waals surface area (Å²) >= 11 is 1.59. The predicted octanol–water partition coefficient (Wildman–Crippen LogP) is 1.80. The molecule has 3 nitrogen and oxygen atoms in total. The molecule has 0 atom stereocenters. The quantitative estimate of drug-likeness (QED) is 0.777. The summed E-state index contributed by atoms with van der Waals surface area (Å²) in [6, 6.07) is 2.07. The number of carbonyl (C=O) groups is 1. The Morgan fingerprint density at radius 1 is 1.67 bits per heavy atom. The lowest BCUT2D eigenvalue weighted by Crippen LogP contribution is -2.10. The lowest BCUT2D eigenvalue weighted by molar-refractivity contribution is -0.136. The molecule has 0 aromatic carbocycles. The summed E-state index contributed by atoms with van der Waals surface area (Å²) in [5, 5.41) is 5.13. The SMILES string of the molecule is CCOC(=O)C1=CNCCc2ccsc21. The Bertz CT molecular complexity index is 395. The molecular weight excluding hydrogens is 210 g/mol. The Balaban J connectivity index is 2.32. The summed E-state index contributed by atoms with van der Waals surface area (Å²) < 4.78 is 5.02. The van der Waals surface area contributed by atoms with Gasteiger partial charge < -0.3 is 10.1 Å². The fourth-order valence-corrected chi connectivity index (χ4v) is 2.54. The van der Waals surface area contributed by atoms with Crippen LogP contribution in [0.15, 0.2) is 17.6 Å². The second-order valence-corrected chi connectivity index (χ2v) is 4.17. The molecule has 0 saturated carbocycles. The molecule has 1 aromatic heterocycles. The maximum absolute atomic E-state index is 11.7. The van der Waals surface area contributed by atoms with Crippen LogP contribution in [0.1, 0.15) is 17.4 Å². The molecule has 4 heteroatoms. The van der Waals surface area contributed by atoms with Crippen LogP contribution in [0.3, 0.4) is 0 Å². The van der Waals surface area contributed by atoms with Gasteiger partial charge in [0.15, 0.2) is 0 Å². The molecule has 80 valence electrons. The Kier molecular flexibility index (Phi) is 3.06. The van der Waals surface area contributed by atoms with Crippen LogP contribution in [0.5, 0.6) is 0 Å². The van der Waals surface area contributed by atoms with Crippen LogP contribution in [0.2, 0.25) is 0 Å². The Hall–Kier alpha value is -1.29. The highest BCUT2D eigenvalue weighted by Crippen LogP contribution is 2.27. The summed E-state index contributed by atoms with van der Waals surface area (Å²) in [6.07, 6.45) is 2.72. The second kappa shape index (κ2) is 4.49. The molecule has 0 aliphatic carbocycles. The number of hydrogen-bond acceptors (Lipinski definition) is 4. The van der Waals surface area contributed by atoms with Crippen LogP contribution >= 0.6 is 11.3 Å². The number of hydrogen-bond donors (Lipinski definition) is 1. The minimum absolute atomic E-state index is 0.240. The van der Waals surface area contributed by atoms with Crippen molar-refractivity contribution < 1.29 is 9.53 Å². The molecule has 2 heterocycles. The van der Waals surface area contributed by atoms with Gasteiger partial charge in [0.25, 0.3) is 0 Å². The van der Waals surface area contributed by atoms with Gasteiger partial charge in [0.2, 0.25) is 0 Å². The van der Waals surface area contributed by atoms with E-state index in [0.29, 0.717) is 12.2 Å². The largest absolute Gasteiger partial charge is 0.462 e. The van der Waals surface area contributed by atoms with E-state index in [0.717, 1.165) is 17.8 Å². The molecule has 2 rings (SSSR count). The standard InChI is InChI=1S/C11H13NO2S/c1-2-14-11(13)9-7-12-5-3-8-4-6-15-10(8)9/h4,6-7,12H,2-3,5H2,1H3. The van der Waals surface area contributed by atoms with Crippen LogP contribution in [0, 0.1) is 0 Å². The van der Waals surface area contributed by atoms with Gasteiger partial charge in [-0.25, -0.2) is 4.79 Å². The van der Waals surface area contributed by atoms with Crippen LogP contribution in [-0.2, 0) is 16.0 Å². The van der Waals surface area contributed by atoms with Gasteiger partial charge in [-0.05, 0) is 30.4 Å². The Morgan fingerprint density at radius 3 is 3.33 bits per heavy atom. The summed E-state index contributed by atoms with van der Waals surface area (Å²) in [6.45, 7) is 3.10. The predicted molar refractivity (Wildman–Crippen MR) is 60.6 cm³/mol. The average Bonchev–Trinajstić information content (AvgIpc) is 2.58. The zero-order chi connectivity index (χ0) is 10.7. The third kappa shape index (κ3) is 2.04. The molecule has 0 spiro atoms. The molecule has 0 unspecified atom stereocenters. The van der Waals surface area contributed by atoms with Gasteiger partial charge in [-0.2, -0.15) is 0 Å². The first-order chi connectivity index (χ1) is 7.33. The summed E-state index contributed by atoms with van der Waals surface area (Å²) in [4.78, 5) is 12.7. The van der Waals surface area contributed by atoms with Gasteiger partial charge in [-0.3, -0.25) is 0 Å². The molecule has 0 amide bonds. The molecule has 0 radical (unpaired) electrons. The normalized spacial score (nSPS) is 14.6. The fraction of sp³-hybridized carbons (Fsp3) is 0.364. The molecule has 0 fully saturated rings. The van der Waals surface area contributed by atoms with Crippen LogP contribution < -0.4 is 5.32 Å². The smallest absolute Gasteiger partial charge is 0.341 e. The highest BCUT2D eigenvalue weighted by molar-refractivity contribution is 7.11. The van der Waals surface area contributed by atoms with E-state index in [-0.39, 0.29) is 5.97 Å². The van der Waals surface area contributed by atoms with E-state index in [4.69, 9.17) is 4.74 Å². The van der Waals surface area contributed by atoms with E-state index in [1.54, 1.807) is 17.5 Å². The van der Waals surface area contributed by atoms with E-state index < -0.39 is 0 Å². The molecule has 1 N–H and O–H groups in total. The first kappa shape index (κ1) is 10.2. The van der Waals surface area contributed by atoms with Crippen molar-refractivity contribution in [2.75, 3.05) is 13.2 Å². The van der Waals surface area contributed by atoms with E-state index >= 15 is 0 Å². The minimum atomic E-state index is -0.240. The first-order valence-corrected chi connectivity index (χ1v) is 5.88. The van der Waals surface area contributed by atoms with Gasteiger partial charge in [0, 0.05) is 17.6 Å². The fourth-order valence-electron chi connectivity index (χ4n) is 1.58. The lowest BCUT2D eigenvalue weighted by Gasteiger charge is -2.04. The molecule has 1 aliphatic heterocycles. The maximum Gasteiger partial charge on any atom is 0.341 e. The van der Waals surface area contributed by atoms with Crippen molar-refractivity contribution in [3.8, 4) is 0 Å². The lowest BCUT2D eigenvalue weighted by atomic mass is 10.1. The highest BCUT2D eigenvalue weighted by Gasteiger charge is 2.19. The summed E-state index contributed by atoms with van der Waals surface area (Å²) in [7, 11) is 0. The molecule has 1 aromatic rings.